The second-order valence-corrected chi connectivity index (χ2v) is 6.87. The van der Waals surface area contributed by atoms with Crippen molar-refractivity contribution in [1.82, 2.24) is 10.3 Å². The van der Waals surface area contributed by atoms with Crippen molar-refractivity contribution in [3.05, 3.63) is 65.1 Å². The van der Waals surface area contributed by atoms with Crippen LogP contribution in [0.25, 0.3) is 10.6 Å². The van der Waals surface area contributed by atoms with Gasteiger partial charge in [0.15, 0.2) is 5.76 Å². The number of benzene rings is 1. The van der Waals surface area contributed by atoms with Crippen molar-refractivity contribution in [3.8, 4) is 10.6 Å². The molecular weight excluding hydrogens is 364 g/mol. The summed E-state index contributed by atoms with van der Waals surface area (Å²) in [6.45, 7) is 2.57. The quantitative estimate of drug-likeness (QED) is 0.469. The Morgan fingerprint density at radius 3 is 2.78 bits per heavy atom. The summed E-state index contributed by atoms with van der Waals surface area (Å²) >= 11 is 1.52. The zero-order valence-corrected chi connectivity index (χ0v) is 15.8. The topological polar surface area (TPSA) is 81.4 Å². The van der Waals surface area contributed by atoms with Crippen LogP contribution in [-0.2, 0) is 16.1 Å². The smallest absolute Gasteiger partial charge is 0.306 e. The highest BCUT2D eigenvalue weighted by atomic mass is 32.1. The van der Waals surface area contributed by atoms with Gasteiger partial charge in [-0.2, -0.15) is 0 Å². The molecule has 6 nitrogen and oxygen atoms in total. The monoisotopic (exact) mass is 384 g/mol. The highest BCUT2D eigenvalue weighted by Crippen LogP contribution is 2.24. The number of hydrogen-bond acceptors (Lipinski definition) is 6. The van der Waals surface area contributed by atoms with Crippen molar-refractivity contribution in [2.75, 3.05) is 6.54 Å². The summed E-state index contributed by atoms with van der Waals surface area (Å²) in [5.74, 6) is -0.350. The van der Waals surface area contributed by atoms with E-state index in [-0.39, 0.29) is 30.7 Å². The second kappa shape index (κ2) is 9.14. The first-order chi connectivity index (χ1) is 13.1. The normalized spacial score (nSPS) is 10.6. The molecule has 0 aliphatic rings. The Kier molecular flexibility index (Phi) is 6.38. The second-order valence-electron chi connectivity index (χ2n) is 6.01. The average Bonchev–Trinajstić information content (AvgIpc) is 3.36. The summed E-state index contributed by atoms with van der Waals surface area (Å²) in [7, 11) is 0. The number of nitrogens with one attached hydrogen (secondary N) is 1. The van der Waals surface area contributed by atoms with Crippen LogP contribution >= 0.6 is 11.3 Å². The minimum absolute atomic E-state index is 0.153. The van der Waals surface area contributed by atoms with E-state index in [0.29, 0.717) is 13.0 Å². The molecule has 1 aromatic carbocycles. The number of carbonyl (C=O) groups is 2. The predicted octanol–water partition coefficient (Wildman–Crippen LogP) is 3.96. The summed E-state index contributed by atoms with van der Waals surface area (Å²) in [6, 6.07) is 11.4. The van der Waals surface area contributed by atoms with Crippen LogP contribution in [0.4, 0.5) is 0 Å². The number of thiazole rings is 1. The Hall–Kier alpha value is -2.93. The van der Waals surface area contributed by atoms with E-state index in [4.69, 9.17) is 9.15 Å². The van der Waals surface area contributed by atoms with Gasteiger partial charge in [-0.3, -0.25) is 9.59 Å². The van der Waals surface area contributed by atoms with Crippen LogP contribution in [0, 0.1) is 6.92 Å². The van der Waals surface area contributed by atoms with Crippen LogP contribution in [0.5, 0.6) is 0 Å². The molecule has 1 amide bonds. The van der Waals surface area contributed by atoms with Crippen molar-refractivity contribution in [3.63, 3.8) is 0 Å². The summed E-state index contributed by atoms with van der Waals surface area (Å²) in [5.41, 5.74) is 2.98. The van der Waals surface area contributed by atoms with Crippen LogP contribution < -0.4 is 5.32 Å². The molecule has 140 valence electrons. The highest BCUT2D eigenvalue weighted by molar-refractivity contribution is 7.13. The van der Waals surface area contributed by atoms with E-state index in [1.165, 1.54) is 23.2 Å². The molecule has 0 aliphatic carbocycles. The fraction of sp³-hybridized carbons (Fsp3) is 0.250. The van der Waals surface area contributed by atoms with E-state index in [0.717, 1.165) is 16.3 Å². The third kappa shape index (κ3) is 5.52. The van der Waals surface area contributed by atoms with Crippen LogP contribution in [0.2, 0.25) is 0 Å². The van der Waals surface area contributed by atoms with Crippen LogP contribution in [-0.4, -0.2) is 23.4 Å². The Balaban J connectivity index is 1.37. The summed E-state index contributed by atoms with van der Waals surface area (Å²) in [6.07, 6.45) is 2.17. The number of rotatable bonds is 8. The molecule has 0 aliphatic heterocycles. The molecule has 0 radical (unpaired) electrons. The minimum atomic E-state index is -0.313. The number of aryl methyl sites for hydroxylation is 1. The zero-order chi connectivity index (χ0) is 19.1. The number of ether oxygens (including phenoxy) is 1. The van der Waals surface area contributed by atoms with Crippen molar-refractivity contribution in [1.29, 1.82) is 0 Å². The van der Waals surface area contributed by atoms with Gasteiger partial charge in [-0.15, -0.1) is 11.3 Å². The fourth-order valence-corrected chi connectivity index (χ4v) is 3.17. The Morgan fingerprint density at radius 1 is 1.22 bits per heavy atom. The van der Waals surface area contributed by atoms with Gasteiger partial charge in [-0.1, -0.05) is 29.8 Å². The lowest BCUT2D eigenvalue weighted by atomic mass is 10.2. The van der Waals surface area contributed by atoms with E-state index in [1.807, 2.05) is 36.6 Å². The number of furan rings is 1. The first kappa shape index (κ1) is 18.8. The number of esters is 1. The van der Waals surface area contributed by atoms with Crippen LogP contribution in [0.3, 0.4) is 0 Å². The molecule has 0 spiro atoms. The maximum Gasteiger partial charge on any atom is 0.306 e. The highest BCUT2D eigenvalue weighted by Gasteiger charge is 2.10. The van der Waals surface area contributed by atoms with Gasteiger partial charge >= 0.3 is 5.97 Å². The maximum absolute atomic E-state index is 11.8. The SMILES string of the molecule is Cc1ccc(-c2nc(COC(=O)CCCNC(=O)c3ccco3)cs2)cc1. The molecule has 0 unspecified atom stereocenters. The Morgan fingerprint density at radius 2 is 2.04 bits per heavy atom. The Labute approximate surface area is 161 Å². The van der Waals surface area contributed by atoms with Crippen molar-refractivity contribution in [2.45, 2.75) is 26.4 Å². The number of amides is 1. The predicted molar refractivity (Wildman–Crippen MR) is 102 cm³/mol. The van der Waals surface area contributed by atoms with Crippen LogP contribution in [0.15, 0.2) is 52.5 Å². The van der Waals surface area contributed by atoms with Crippen molar-refractivity contribution < 1.29 is 18.7 Å². The molecule has 0 fully saturated rings. The summed E-state index contributed by atoms with van der Waals surface area (Å²) < 4.78 is 10.2. The molecule has 7 heteroatoms. The summed E-state index contributed by atoms with van der Waals surface area (Å²) in [5, 5.41) is 5.49. The van der Waals surface area contributed by atoms with Crippen molar-refractivity contribution >= 4 is 23.2 Å². The van der Waals surface area contributed by atoms with Crippen molar-refractivity contribution in [2.24, 2.45) is 0 Å². The molecule has 2 aromatic heterocycles. The zero-order valence-electron chi connectivity index (χ0n) is 14.9. The third-order valence-electron chi connectivity index (χ3n) is 3.82. The largest absolute Gasteiger partial charge is 0.459 e. The van der Waals surface area contributed by atoms with E-state index in [1.54, 1.807) is 12.1 Å². The lowest BCUT2D eigenvalue weighted by Crippen LogP contribution is -2.24. The van der Waals surface area contributed by atoms with Gasteiger partial charge in [0.2, 0.25) is 0 Å². The number of aromatic nitrogens is 1. The molecule has 0 saturated carbocycles. The van der Waals surface area contributed by atoms with E-state index >= 15 is 0 Å². The van der Waals surface area contributed by atoms with Gasteiger partial charge < -0.3 is 14.5 Å². The van der Waals surface area contributed by atoms with Gasteiger partial charge in [-0.05, 0) is 25.5 Å². The van der Waals surface area contributed by atoms with Gasteiger partial charge in [0.25, 0.3) is 5.91 Å². The molecule has 2 heterocycles. The third-order valence-corrected chi connectivity index (χ3v) is 4.76. The first-order valence-corrected chi connectivity index (χ1v) is 9.48. The standard InChI is InChI=1S/C20H20N2O4S/c1-14-6-8-15(9-7-14)20-22-16(13-27-20)12-26-18(23)5-2-10-21-19(24)17-4-3-11-25-17/h3-4,6-9,11,13H,2,5,10,12H2,1H3,(H,21,24). The van der Waals surface area contributed by atoms with Gasteiger partial charge in [0.05, 0.1) is 12.0 Å². The molecular formula is C20H20N2O4S. The first-order valence-electron chi connectivity index (χ1n) is 8.60. The van der Waals surface area contributed by atoms with Crippen LogP contribution in [0.1, 0.15) is 34.7 Å². The lowest BCUT2D eigenvalue weighted by molar-refractivity contribution is -0.145. The molecule has 3 aromatic rings. The fourth-order valence-electron chi connectivity index (χ4n) is 2.36. The van der Waals surface area contributed by atoms with Gasteiger partial charge in [0.1, 0.15) is 11.6 Å². The molecule has 0 atom stereocenters. The van der Waals surface area contributed by atoms with E-state index in [9.17, 15) is 9.59 Å². The average molecular weight is 384 g/mol. The number of hydrogen-bond donors (Lipinski definition) is 1. The molecule has 27 heavy (non-hydrogen) atoms. The molecule has 0 saturated heterocycles. The molecule has 3 rings (SSSR count). The van der Waals surface area contributed by atoms with Gasteiger partial charge in [0, 0.05) is 23.9 Å². The number of carbonyl (C=O) groups excluding carboxylic acids is 2. The lowest BCUT2D eigenvalue weighted by Gasteiger charge is -2.04. The molecule has 0 bridgehead atoms. The number of nitrogens with zero attached hydrogens (tertiary/aromatic N) is 1. The van der Waals surface area contributed by atoms with E-state index < -0.39 is 0 Å². The minimum Gasteiger partial charge on any atom is -0.459 e. The maximum atomic E-state index is 11.8. The Bertz CT molecular complexity index is 885. The molecule has 1 N–H and O–H groups in total. The summed E-state index contributed by atoms with van der Waals surface area (Å²) in [4.78, 5) is 28.0. The van der Waals surface area contributed by atoms with E-state index in [2.05, 4.69) is 10.3 Å². The van der Waals surface area contributed by atoms with Gasteiger partial charge in [-0.25, -0.2) is 4.98 Å².